The van der Waals surface area contributed by atoms with Gasteiger partial charge in [0.2, 0.25) is 0 Å². The molecule has 0 fully saturated rings. The van der Waals surface area contributed by atoms with Crippen molar-refractivity contribution in [2.24, 2.45) is 0 Å². The number of aromatic hydroxyl groups is 4. The molecular formula is C16H10O4. The summed E-state index contributed by atoms with van der Waals surface area (Å²) in [5.74, 6) is -0.718. The zero-order valence-electron chi connectivity index (χ0n) is 10.3. The van der Waals surface area contributed by atoms with E-state index < -0.39 is 0 Å². The van der Waals surface area contributed by atoms with Crippen molar-refractivity contribution in [1.82, 2.24) is 0 Å². The molecule has 4 rings (SSSR count). The van der Waals surface area contributed by atoms with Gasteiger partial charge < -0.3 is 20.4 Å². The number of rotatable bonds is 0. The van der Waals surface area contributed by atoms with Gasteiger partial charge in [-0.05, 0) is 35.0 Å². The van der Waals surface area contributed by atoms with Crippen LogP contribution in [0.1, 0.15) is 0 Å². The Balaban J connectivity index is 2.42. The first-order valence-corrected chi connectivity index (χ1v) is 6.12. The second-order valence-electron chi connectivity index (χ2n) is 4.91. The van der Waals surface area contributed by atoms with Crippen molar-refractivity contribution in [3.05, 3.63) is 36.4 Å². The molecule has 0 atom stereocenters. The summed E-state index contributed by atoms with van der Waals surface area (Å²) >= 11 is 0. The summed E-state index contributed by atoms with van der Waals surface area (Å²) in [6.45, 7) is 0. The molecule has 0 saturated carbocycles. The van der Waals surface area contributed by atoms with E-state index in [1.807, 2.05) is 0 Å². The normalized spacial score (nSPS) is 11.8. The van der Waals surface area contributed by atoms with Gasteiger partial charge in [-0.2, -0.15) is 0 Å². The van der Waals surface area contributed by atoms with E-state index in [9.17, 15) is 20.4 Å². The van der Waals surface area contributed by atoms with Gasteiger partial charge in [0.15, 0.2) is 23.0 Å². The molecule has 0 bridgehead atoms. The maximum Gasteiger partial charge on any atom is 0.165 e. The Morgan fingerprint density at radius 1 is 0.550 bits per heavy atom. The van der Waals surface area contributed by atoms with Crippen LogP contribution >= 0.6 is 0 Å². The van der Waals surface area contributed by atoms with Crippen molar-refractivity contribution < 1.29 is 20.4 Å². The highest BCUT2D eigenvalue weighted by molar-refractivity contribution is 6.26. The largest absolute Gasteiger partial charge is 0.504 e. The van der Waals surface area contributed by atoms with Crippen LogP contribution in [0.3, 0.4) is 0 Å². The number of hydrogen-bond acceptors (Lipinski definition) is 4. The summed E-state index contributed by atoms with van der Waals surface area (Å²) in [6.07, 6.45) is 0. The van der Waals surface area contributed by atoms with Gasteiger partial charge in [0.25, 0.3) is 0 Å². The first kappa shape index (κ1) is 11.0. The molecule has 98 valence electrons. The molecule has 0 aliphatic carbocycles. The Bertz CT molecular complexity index is 907. The average Bonchev–Trinajstić information content (AvgIpc) is 2.44. The molecule has 4 aromatic carbocycles. The summed E-state index contributed by atoms with van der Waals surface area (Å²) < 4.78 is 0. The van der Waals surface area contributed by atoms with Crippen LogP contribution in [-0.2, 0) is 0 Å². The summed E-state index contributed by atoms with van der Waals surface area (Å²) in [5, 5.41) is 43.6. The first-order valence-electron chi connectivity index (χ1n) is 6.12. The van der Waals surface area contributed by atoms with E-state index >= 15 is 0 Å². The maximum absolute atomic E-state index is 10.00. The average molecular weight is 266 g/mol. The Hall–Kier alpha value is -2.88. The van der Waals surface area contributed by atoms with Gasteiger partial charge in [0.05, 0.1) is 0 Å². The van der Waals surface area contributed by atoms with Crippen LogP contribution in [0.4, 0.5) is 0 Å². The lowest BCUT2D eigenvalue weighted by molar-refractivity contribution is 0.408. The van der Waals surface area contributed by atoms with Crippen molar-refractivity contribution >= 4 is 32.3 Å². The van der Waals surface area contributed by atoms with Gasteiger partial charge in [-0.15, -0.1) is 0 Å². The van der Waals surface area contributed by atoms with Crippen LogP contribution in [-0.4, -0.2) is 20.4 Å². The van der Waals surface area contributed by atoms with Crippen LogP contribution in [0.15, 0.2) is 36.4 Å². The third-order valence-electron chi connectivity index (χ3n) is 3.81. The smallest absolute Gasteiger partial charge is 0.165 e. The lowest BCUT2D eigenvalue weighted by Crippen LogP contribution is -1.85. The molecule has 0 heterocycles. The van der Waals surface area contributed by atoms with Crippen LogP contribution in [0.25, 0.3) is 32.3 Å². The van der Waals surface area contributed by atoms with Crippen molar-refractivity contribution in [2.75, 3.05) is 0 Å². The highest BCUT2D eigenvalue weighted by atomic mass is 16.3. The molecule has 20 heavy (non-hydrogen) atoms. The quantitative estimate of drug-likeness (QED) is 0.290. The molecule has 0 spiro atoms. The van der Waals surface area contributed by atoms with Crippen LogP contribution in [0.2, 0.25) is 0 Å². The predicted octanol–water partition coefficient (Wildman–Crippen LogP) is 3.41. The van der Waals surface area contributed by atoms with Crippen molar-refractivity contribution in [2.45, 2.75) is 0 Å². The molecule has 0 saturated heterocycles. The molecule has 0 aliphatic rings. The van der Waals surface area contributed by atoms with Gasteiger partial charge in [0.1, 0.15) is 0 Å². The molecule has 0 aromatic heterocycles. The lowest BCUT2D eigenvalue weighted by Gasteiger charge is -2.14. The number of phenolic OH excluding ortho intramolecular Hbond substituents is 4. The van der Waals surface area contributed by atoms with Crippen LogP contribution in [0, 0.1) is 0 Å². The maximum atomic E-state index is 10.00. The molecule has 0 unspecified atom stereocenters. The van der Waals surface area contributed by atoms with Crippen LogP contribution in [0.5, 0.6) is 23.0 Å². The fourth-order valence-corrected chi connectivity index (χ4v) is 2.89. The van der Waals surface area contributed by atoms with Gasteiger partial charge in [0, 0.05) is 21.5 Å². The van der Waals surface area contributed by atoms with Gasteiger partial charge >= 0.3 is 0 Å². The van der Waals surface area contributed by atoms with E-state index in [1.54, 1.807) is 24.3 Å². The summed E-state index contributed by atoms with van der Waals surface area (Å²) in [4.78, 5) is 0. The topological polar surface area (TPSA) is 80.9 Å². The van der Waals surface area contributed by atoms with Crippen molar-refractivity contribution in [3.8, 4) is 23.0 Å². The number of hydrogen-bond donors (Lipinski definition) is 4. The van der Waals surface area contributed by atoms with Crippen molar-refractivity contribution in [1.29, 1.82) is 0 Å². The number of phenols is 4. The predicted molar refractivity (Wildman–Crippen MR) is 76.8 cm³/mol. The molecule has 0 amide bonds. The minimum absolute atomic E-state index is 0.178. The van der Waals surface area contributed by atoms with Crippen LogP contribution < -0.4 is 0 Å². The number of benzene rings is 4. The zero-order chi connectivity index (χ0) is 14.0. The van der Waals surface area contributed by atoms with E-state index in [1.165, 1.54) is 12.1 Å². The molecule has 0 aliphatic heterocycles. The molecule has 0 radical (unpaired) electrons. The van der Waals surface area contributed by atoms with Gasteiger partial charge in [-0.25, -0.2) is 0 Å². The second kappa shape index (κ2) is 3.36. The van der Waals surface area contributed by atoms with Crippen molar-refractivity contribution in [3.63, 3.8) is 0 Å². The van der Waals surface area contributed by atoms with E-state index in [0.717, 1.165) is 21.5 Å². The molecule has 4 heteroatoms. The Morgan fingerprint density at radius 2 is 0.950 bits per heavy atom. The van der Waals surface area contributed by atoms with Gasteiger partial charge in [-0.3, -0.25) is 0 Å². The van der Waals surface area contributed by atoms with E-state index in [4.69, 9.17) is 0 Å². The Morgan fingerprint density at radius 3 is 1.35 bits per heavy atom. The minimum atomic E-state index is -0.181. The molecule has 4 aromatic rings. The SMILES string of the molecule is Oc1cc2ccc3c(O)c(O)cc4ccc(c1O)c2c43. The summed E-state index contributed by atoms with van der Waals surface area (Å²) in [6, 6.07) is 9.83. The summed E-state index contributed by atoms with van der Waals surface area (Å²) in [5.41, 5.74) is 0. The highest BCUT2D eigenvalue weighted by Gasteiger charge is 2.17. The van der Waals surface area contributed by atoms with E-state index in [2.05, 4.69) is 0 Å². The third-order valence-corrected chi connectivity index (χ3v) is 3.81. The highest BCUT2D eigenvalue weighted by Crippen LogP contribution is 2.46. The van der Waals surface area contributed by atoms with E-state index in [-0.39, 0.29) is 23.0 Å². The molecular weight excluding hydrogens is 256 g/mol. The van der Waals surface area contributed by atoms with E-state index in [0.29, 0.717) is 10.8 Å². The third kappa shape index (κ3) is 1.15. The second-order valence-corrected chi connectivity index (χ2v) is 4.91. The molecule has 4 N–H and O–H groups in total. The Kier molecular flexibility index (Phi) is 1.85. The molecule has 4 nitrogen and oxygen atoms in total. The Labute approximate surface area is 113 Å². The van der Waals surface area contributed by atoms with Gasteiger partial charge in [-0.1, -0.05) is 12.1 Å². The lowest BCUT2D eigenvalue weighted by atomic mass is 9.93. The first-order chi connectivity index (χ1) is 9.58. The fraction of sp³-hybridized carbons (Fsp3) is 0. The summed E-state index contributed by atoms with van der Waals surface area (Å²) in [7, 11) is 0. The standard InChI is InChI=1S/C16H10O4/c17-11-5-7-1-3-9-14-8(6-12(18)15(9)19)2-4-10(13(7)14)16(11)20/h1-6,17-20H. The zero-order valence-corrected chi connectivity index (χ0v) is 10.3. The fourth-order valence-electron chi connectivity index (χ4n) is 2.89. The monoisotopic (exact) mass is 266 g/mol. The minimum Gasteiger partial charge on any atom is -0.504 e.